The first kappa shape index (κ1) is 11.5. The number of hydrogen-bond acceptors (Lipinski definition) is 4. The van der Waals surface area contributed by atoms with Crippen molar-refractivity contribution in [1.29, 1.82) is 0 Å². The van der Waals surface area contributed by atoms with Gasteiger partial charge in [0.15, 0.2) is 0 Å². The first-order chi connectivity index (χ1) is 7.81. The van der Waals surface area contributed by atoms with Crippen LogP contribution in [-0.2, 0) is 18.3 Å². The molecule has 0 aromatic carbocycles. The van der Waals surface area contributed by atoms with E-state index in [-0.39, 0.29) is 0 Å². The van der Waals surface area contributed by atoms with Crippen LogP contribution < -0.4 is 5.32 Å². The van der Waals surface area contributed by atoms with Gasteiger partial charge in [0.1, 0.15) is 12.2 Å². The maximum absolute atomic E-state index is 5.70. The molecule has 0 aliphatic carbocycles. The predicted molar refractivity (Wildman–Crippen MR) is 60.9 cm³/mol. The molecule has 1 aromatic rings. The molecule has 16 heavy (non-hydrogen) atoms. The molecule has 1 aromatic heterocycles. The van der Waals surface area contributed by atoms with Crippen molar-refractivity contribution in [2.75, 3.05) is 6.61 Å². The second kappa shape index (κ2) is 5.41. The molecule has 1 N–H and O–H groups in total. The first-order valence-electron chi connectivity index (χ1n) is 5.99. The average Bonchev–Trinajstić information content (AvgIpc) is 2.92. The Morgan fingerprint density at radius 1 is 1.69 bits per heavy atom. The molecule has 2 unspecified atom stereocenters. The number of aryl methyl sites for hydroxylation is 1. The fourth-order valence-corrected chi connectivity index (χ4v) is 2.15. The Bertz CT molecular complexity index is 320. The molecule has 90 valence electrons. The summed E-state index contributed by atoms with van der Waals surface area (Å²) in [5.74, 6) is 0.969. The molecule has 0 saturated carbocycles. The first-order valence-corrected chi connectivity index (χ1v) is 5.99. The Hall–Kier alpha value is -0.940. The molecular weight excluding hydrogens is 204 g/mol. The normalized spacial score (nSPS) is 22.5. The Kier molecular flexibility index (Phi) is 3.90. The fourth-order valence-electron chi connectivity index (χ4n) is 2.15. The van der Waals surface area contributed by atoms with Crippen LogP contribution in [0, 0.1) is 0 Å². The summed E-state index contributed by atoms with van der Waals surface area (Å²) in [6.07, 6.45) is 5.54. The van der Waals surface area contributed by atoms with E-state index < -0.39 is 0 Å². The van der Waals surface area contributed by atoms with Gasteiger partial charge in [0, 0.05) is 19.7 Å². The van der Waals surface area contributed by atoms with Crippen LogP contribution >= 0.6 is 0 Å². The number of ether oxygens (including phenoxy) is 1. The standard InChI is InChI=1S/C11H20N4O/c1-3-9(10-5-4-6-16-10)12-7-11-14-13-8-15(11)2/h8-10,12H,3-7H2,1-2H3. The van der Waals surface area contributed by atoms with Crippen LogP contribution in [0.15, 0.2) is 6.33 Å². The third kappa shape index (κ3) is 2.59. The van der Waals surface area contributed by atoms with E-state index in [2.05, 4.69) is 22.4 Å². The molecule has 1 saturated heterocycles. The number of nitrogens with one attached hydrogen (secondary N) is 1. The van der Waals surface area contributed by atoms with Gasteiger partial charge in [-0.25, -0.2) is 0 Å². The van der Waals surface area contributed by atoms with E-state index in [1.54, 1.807) is 6.33 Å². The summed E-state index contributed by atoms with van der Waals surface area (Å²) in [6.45, 7) is 3.86. The lowest BCUT2D eigenvalue weighted by atomic mass is 10.1. The SMILES string of the molecule is CCC(NCc1nncn1C)C1CCCO1. The van der Waals surface area contributed by atoms with E-state index in [4.69, 9.17) is 4.74 Å². The summed E-state index contributed by atoms with van der Waals surface area (Å²) in [6, 6.07) is 0.430. The summed E-state index contributed by atoms with van der Waals surface area (Å²) in [7, 11) is 1.96. The van der Waals surface area contributed by atoms with E-state index in [9.17, 15) is 0 Å². The van der Waals surface area contributed by atoms with Gasteiger partial charge >= 0.3 is 0 Å². The lowest BCUT2D eigenvalue weighted by Gasteiger charge is -2.22. The molecule has 5 nitrogen and oxygen atoms in total. The van der Waals surface area contributed by atoms with Crippen LogP contribution in [0.2, 0.25) is 0 Å². The highest BCUT2D eigenvalue weighted by Crippen LogP contribution is 2.17. The van der Waals surface area contributed by atoms with Crippen molar-refractivity contribution in [2.45, 2.75) is 44.9 Å². The molecule has 0 radical (unpaired) electrons. The van der Waals surface area contributed by atoms with Crippen molar-refractivity contribution >= 4 is 0 Å². The molecule has 2 heterocycles. The maximum atomic E-state index is 5.70. The summed E-state index contributed by atoms with van der Waals surface area (Å²) in [5.41, 5.74) is 0. The zero-order valence-corrected chi connectivity index (χ0v) is 10.0. The van der Waals surface area contributed by atoms with Crippen LogP contribution in [0.5, 0.6) is 0 Å². The highest BCUT2D eigenvalue weighted by molar-refractivity contribution is 4.87. The van der Waals surface area contributed by atoms with E-state index in [0.717, 1.165) is 25.4 Å². The van der Waals surface area contributed by atoms with Gasteiger partial charge in [-0.15, -0.1) is 10.2 Å². The highest BCUT2D eigenvalue weighted by Gasteiger charge is 2.24. The number of rotatable bonds is 5. The van der Waals surface area contributed by atoms with Crippen LogP contribution in [-0.4, -0.2) is 33.5 Å². The monoisotopic (exact) mass is 224 g/mol. The van der Waals surface area contributed by atoms with Crippen molar-refractivity contribution in [1.82, 2.24) is 20.1 Å². The van der Waals surface area contributed by atoms with Crippen LogP contribution in [0.25, 0.3) is 0 Å². The van der Waals surface area contributed by atoms with Crippen molar-refractivity contribution < 1.29 is 4.74 Å². The third-order valence-corrected chi connectivity index (χ3v) is 3.18. The van der Waals surface area contributed by atoms with Crippen LogP contribution in [0.4, 0.5) is 0 Å². The predicted octanol–water partition coefficient (Wildman–Crippen LogP) is 0.862. The van der Waals surface area contributed by atoms with Crippen LogP contribution in [0.3, 0.4) is 0 Å². The average molecular weight is 224 g/mol. The number of nitrogens with zero attached hydrogens (tertiary/aromatic N) is 3. The summed E-state index contributed by atoms with van der Waals surface area (Å²) < 4.78 is 7.64. The number of aromatic nitrogens is 3. The molecule has 0 bridgehead atoms. The van der Waals surface area contributed by atoms with E-state index in [0.29, 0.717) is 12.1 Å². The van der Waals surface area contributed by atoms with Gasteiger partial charge in [0.05, 0.1) is 12.6 Å². The van der Waals surface area contributed by atoms with E-state index in [1.165, 1.54) is 12.8 Å². The Morgan fingerprint density at radius 3 is 3.12 bits per heavy atom. The molecule has 1 aliphatic heterocycles. The summed E-state index contributed by atoms with van der Waals surface area (Å²) >= 11 is 0. The molecule has 0 amide bonds. The lowest BCUT2D eigenvalue weighted by Crippen LogP contribution is -2.39. The topological polar surface area (TPSA) is 52.0 Å². The third-order valence-electron chi connectivity index (χ3n) is 3.18. The van der Waals surface area contributed by atoms with Gasteiger partial charge in [-0.05, 0) is 19.3 Å². The van der Waals surface area contributed by atoms with E-state index >= 15 is 0 Å². The van der Waals surface area contributed by atoms with Gasteiger partial charge in [0.2, 0.25) is 0 Å². The fraction of sp³-hybridized carbons (Fsp3) is 0.818. The zero-order chi connectivity index (χ0) is 11.4. The second-order valence-electron chi connectivity index (χ2n) is 4.31. The molecule has 2 rings (SSSR count). The van der Waals surface area contributed by atoms with E-state index in [1.807, 2.05) is 11.6 Å². The smallest absolute Gasteiger partial charge is 0.146 e. The summed E-state index contributed by atoms with van der Waals surface area (Å²) in [5, 5.41) is 11.4. The zero-order valence-electron chi connectivity index (χ0n) is 10.0. The quantitative estimate of drug-likeness (QED) is 0.806. The molecule has 0 spiro atoms. The number of hydrogen-bond donors (Lipinski definition) is 1. The Balaban J connectivity index is 1.85. The molecular formula is C11H20N4O. The lowest BCUT2D eigenvalue weighted by molar-refractivity contribution is 0.0761. The molecule has 1 aliphatic rings. The van der Waals surface area contributed by atoms with Crippen LogP contribution in [0.1, 0.15) is 32.0 Å². The van der Waals surface area contributed by atoms with Crippen molar-refractivity contribution in [3.05, 3.63) is 12.2 Å². The largest absolute Gasteiger partial charge is 0.377 e. The van der Waals surface area contributed by atoms with Crippen molar-refractivity contribution in [3.8, 4) is 0 Å². The Morgan fingerprint density at radius 2 is 2.56 bits per heavy atom. The van der Waals surface area contributed by atoms with Crippen molar-refractivity contribution in [3.63, 3.8) is 0 Å². The molecule has 2 atom stereocenters. The second-order valence-corrected chi connectivity index (χ2v) is 4.31. The molecule has 5 heteroatoms. The minimum absolute atomic E-state index is 0.373. The highest BCUT2D eigenvalue weighted by atomic mass is 16.5. The Labute approximate surface area is 96.2 Å². The van der Waals surface area contributed by atoms with Gasteiger partial charge < -0.3 is 14.6 Å². The van der Waals surface area contributed by atoms with Gasteiger partial charge in [-0.1, -0.05) is 6.92 Å². The minimum atomic E-state index is 0.373. The van der Waals surface area contributed by atoms with Gasteiger partial charge in [-0.3, -0.25) is 0 Å². The summed E-state index contributed by atoms with van der Waals surface area (Å²) in [4.78, 5) is 0. The molecule has 1 fully saturated rings. The van der Waals surface area contributed by atoms with Crippen molar-refractivity contribution in [2.24, 2.45) is 7.05 Å². The maximum Gasteiger partial charge on any atom is 0.146 e. The van der Waals surface area contributed by atoms with Gasteiger partial charge in [0.25, 0.3) is 0 Å². The minimum Gasteiger partial charge on any atom is -0.377 e. The van der Waals surface area contributed by atoms with Gasteiger partial charge in [-0.2, -0.15) is 0 Å².